The van der Waals surface area contributed by atoms with Gasteiger partial charge >= 0.3 is 0 Å². The van der Waals surface area contributed by atoms with Crippen LogP contribution in [0.4, 0.5) is 21.7 Å². The number of carbonyl (C=O) groups is 1. The Morgan fingerprint density at radius 3 is 2.54 bits per heavy atom. The number of carbonyl (C=O) groups excluding carboxylic acids is 1. The zero-order chi connectivity index (χ0) is 19.3. The fraction of sp³-hybridized carbons (Fsp3) is 0.500. The molecule has 8 heteroatoms. The number of nitrogens with one attached hydrogen (secondary N) is 2. The number of rotatable bonds is 5. The van der Waals surface area contributed by atoms with Crippen molar-refractivity contribution in [3.8, 4) is 0 Å². The van der Waals surface area contributed by atoms with Gasteiger partial charge in [0.05, 0.1) is 17.4 Å². The van der Waals surface area contributed by atoms with Crippen LogP contribution in [-0.4, -0.2) is 32.6 Å². The third kappa shape index (κ3) is 3.06. The number of alkyl halides is 1. The molecule has 7 nitrogen and oxygen atoms in total. The molecule has 4 N–H and O–H groups in total. The van der Waals surface area contributed by atoms with Crippen LogP contribution >= 0.6 is 0 Å². The Morgan fingerprint density at radius 2 is 1.89 bits per heavy atom. The number of hydrogen-bond donors (Lipinski definition) is 3. The molecule has 0 unspecified atom stereocenters. The Hall–Kier alpha value is -2.77. The molecule has 28 heavy (non-hydrogen) atoms. The lowest BCUT2D eigenvalue weighted by Gasteiger charge is -2.57. The topological polar surface area (TPSA) is 106 Å². The van der Waals surface area contributed by atoms with Gasteiger partial charge in [-0.3, -0.25) is 9.78 Å². The van der Waals surface area contributed by atoms with Crippen molar-refractivity contribution in [1.29, 1.82) is 0 Å². The van der Waals surface area contributed by atoms with E-state index < -0.39 is 11.6 Å². The van der Waals surface area contributed by atoms with E-state index in [2.05, 4.69) is 25.6 Å². The van der Waals surface area contributed by atoms with Gasteiger partial charge in [-0.2, -0.15) is 0 Å². The number of aromatic nitrogens is 3. The van der Waals surface area contributed by atoms with Crippen molar-refractivity contribution in [2.75, 3.05) is 10.6 Å². The minimum absolute atomic E-state index is 0.158. The van der Waals surface area contributed by atoms with Gasteiger partial charge in [0.25, 0.3) is 5.91 Å². The maximum atomic E-state index is 15.0. The van der Waals surface area contributed by atoms with Crippen LogP contribution in [-0.2, 0) is 0 Å². The number of nitrogens with zero attached hydrogens (tertiary/aromatic N) is 3. The molecule has 0 aromatic carbocycles. The van der Waals surface area contributed by atoms with Crippen LogP contribution < -0.4 is 16.4 Å². The Labute approximate surface area is 162 Å². The van der Waals surface area contributed by atoms with Crippen LogP contribution in [0.1, 0.15) is 42.5 Å². The first kappa shape index (κ1) is 17.3. The summed E-state index contributed by atoms with van der Waals surface area (Å²) in [5, 5.41) is 6.62. The lowest BCUT2D eigenvalue weighted by molar-refractivity contribution is -0.0800. The van der Waals surface area contributed by atoms with Gasteiger partial charge in [0.15, 0.2) is 0 Å². The molecule has 0 spiro atoms. The zero-order valence-electron chi connectivity index (χ0n) is 15.4. The van der Waals surface area contributed by atoms with Crippen molar-refractivity contribution < 1.29 is 9.18 Å². The van der Waals surface area contributed by atoms with Gasteiger partial charge in [-0.15, -0.1) is 0 Å². The number of amides is 1. The zero-order valence-corrected chi connectivity index (χ0v) is 15.4. The average Bonchev–Trinajstić information content (AvgIpc) is 2.64. The molecule has 5 atom stereocenters. The molecular formula is C20H23FN6O. The van der Waals surface area contributed by atoms with E-state index in [9.17, 15) is 9.18 Å². The molecule has 2 aromatic heterocycles. The van der Waals surface area contributed by atoms with E-state index in [4.69, 9.17) is 5.73 Å². The molecule has 146 valence electrons. The van der Waals surface area contributed by atoms with Gasteiger partial charge in [-0.25, -0.2) is 14.4 Å². The molecule has 4 aliphatic carbocycles. The highest BCUT2D eigenvalue weighted by Crippen LogP contribution is 2.57. The van der Waals surface area contributed by atoms with E-state index >= 15 is 0 Å². The summed E-state index contributed by atoms with van der Waals surface area (Å²) in [7, 11) is 0. The van der Waals surface area contributed by atoms with Gasteiger partial charge < -0.3 is 16.4 Å². The molecule has 0 saturated heterocycles. The van der Waals surface area contributed by atoms with Crippen LogP contribution in [0, 0.1) is 17.8 Å². The maximum absolute atomic E-state index is 15.0. The average molecular weight is 382 g/mol. The van der Waals surface area contributed by atoms with Crippen molar-refractivity contribution in [1.82, 2.24) is 15.0 Å². The van der Waals surface area contributed by atoms with Crippen molar-refractivity contribution in [3.63, 3.8) is 0 Å². The van der Waals surface area contributed by atoms with Gasteiger partial charge in [0.2, 0.25) is 0 Å². The molecule has 2 aromatic rings. The van der Waals surface area contributed by atoms with Gasteiger partial charge in [-0.05, 0) is 49.9 Å². The maximum Gasteiger partial charge on any atom is 0.252 e. The predicted molar refractivity (Wildman–Crippen MR) is 103 cm³/mol. The van der Waals surface area contributed by atoms with Crippen molar-refractivity contribution in [2.24, 2.45) is 23.5 Å². The van der Waals surface area contributed by atoms with E-state index in [1.807, 2.05) is 0 Å². The standard InChI is InChI=1S/C20H23FN6O/c21-20-6-11-3-12(7-20)18(13(4-11)8-20)26-15-5-16(25-9-14(15)19(22)28)27-17-10-23-1-2-24-17/h1-2,5,9-13,18H,3-4,6-8H2,(H2,22,28)(H2,24,25,26,27)/t11-,12+,13-,18-,20+. The predicted octanol–water partition coefficient (Wildman–Crippen LogP) is 3.04. The Kier molecular flexibility index (Phi) is 3.96. The molecule has 1 amide bonds. The highest BCUT2D eigenvalue weighted by atomic mass is 19.1. The van der Waals surface area contributed by atoms with Gasteiger partial charge in [-0.1, -0.05) is 0 Å². The first-order valence-electron chi connectivity index (χ1n) is 9.77. The summed E-state index contributed by atoms with van der Waals surface area (Å²) in [6.07, 6.45) is 10.3. The second kappa shape index (κ2) is 6.39. The number of pyridine rings is 1. The van der Waals surface area contributed by atoms with Gasteiger partial charge in [0, 0.05) is 30.7 Å². The Balaban J connectivity index is 1.42. The molecule has 2 heterocycles. The first-order chi connectivity index (χ1) is 13.5. The monoisotopic (exact) mass is 382 g/mol. The highest BCUT2D eigenvalue weighted by Gasteiger charge is 2.56. The third-order valence-corrected chi connectivity index (χ3v) is 6.51. The molecule has 4 aliphatic rings. The summed E-state index contributed by atoms with van der Waals surface area (Å²) in [6.45, 7) is 0. The molecule has 4 bridgehead atoms. The number of nitrogens with two attached hydrogens (primary N) is 1. The van der Waals surface area contributed by atoms with Crippen LogP contribution in [0.25, 0.3) is 0 Å². The summed E-state index contributed by atoms with van der Waals surface area (Å²) in [5.74, 6) is 1.65. The lowest BCUT2D eigenvalue weighted by Crippen LogP contribution is -2.57. The van der Waals surface area contributed by atoms with Crippen molar-refractivity contribution in [2.45, 2.75) is 43.8 Å². The smallest absolute Gasteiger partial charge is 0.252 e. The third-order valence-electron chi connectivity index (χ3n) is 6.51. The van der Waals surface area contributed by atoms with E-state index in [-0.39, 0.29) is 6.04 Å². The minimum atomic E-state index is -0.988. The Bertz CT molecular complexity index is 891. The summed E-state index contributed by atoms with van der Waals surface area (Å²) < 4.78 is 15.0. The molecule has 4 fully saturated rings. The van der Waals surface area contributed by atoms with E-state index in [0.29, 0.717) is 53.5 Å². The second-order valence-electron chi connectivity index (χ2n) is 8.49. The highest BCUT2D eigenvalue weighted by molar-refractivity contribution is 5.98. The fourth-order valence-corrected chi connectivity index (χ4v) is 5.67. The van der Waals surface area contributed by atoms with E-state index in [1.54, 1.807) is 24.7 Å². The largest absolute Gasteiger partial charge is 0.381 e. The van der Waals surface area contributed by atoms with Crippen molar-refractivity contribution in [3.05, 3.63) is 36.4 Å². The summed E-state index contributed by atoms with van der Waals surface area (Å²) in [6, 6.07) is 1.93. The molecule has 0 aliphatic heterocycles. The quantitative estimate of drug-likeness (QED) is 0.734. The van der Waals surface area contributed by atoms with Crippen LogP contribution in [0.15, 0.2) is 30.9 Å². The number of hydrogen-bond acceptors (Lipinski definition) is 6. The Morgan fingerprint density at radius 1 is 1.11 bits per heavy atom. The summed E-state index contributed by atoms with van der Waals surface area (Å²) in [5.41, 5.74) is 5.56. The normalized spacial score (nSPS) is 32.9. The summed E-state index contributed by atoms with van der Waals surface area (Å²) >= 11 is 0. The molecule has 0 radical (unpaired) electrons. The van der Waals surface area contributed by atoms with Crippen LogP contribution in [0.5, 0.6) is 0 Å². The summed E-state index contributed by atoms with van der Waals surface area (Å²) in [4.78, 5) is 24.4. The van der Waals surface area contributed by atoms with E-state index in [1.165, 1.54) is 6.20 Å². The van der Waals surface area contributed by atoms with E-state index in [0.717, 1.165) is 19.3 Å². The van der Waals surface area contributed by atoms with Crippen molar-refractivity contribution >= 4 is 23.2 Å². The second-order valence-corrected chi connectivity index (χ2v) is 8.49. The SMILES string of the molecule is NC(=O)c1cnc(Nc2cnccn2)cc1N[C@H]1[C@@H]2C[C@H]3C[C@H]1C[C@@](F)(C3)C2. The van der Waals surface area contributed by atoms with Crippen LogP contribution in [0.2, 0.25) is 0 Å². The minimum Gasteiger partial charge on any atom is -0.381 e. The lowest BCUT2D eigenvalue weighted by atomic mass is 9.53. The van der Waals surface area contributed by atoms with Gasteiger partial charge in [0.1, 0.15) is 17.3 Å². The number of primary amides is 1. The van der Waals surface area contributed by atoms with Crippen LogP contribution in [0.3, 0.4) is 0 Å². The molecular weight excluding hydrogens is 359 g/mol. The number of halogens is 1. The number of anilines is 3. The fourth-order valence-electron chi connectivity index (χ4n) is 5.67. The molecule has 6 rings (SSSR count). The first-order valence-corrected chi connectivity index (χ1v) is 9.77. The molecule has 4 saturated carbocycles.